The summed E-state index contributed by atoms with van der Waals surface area (Å²) >= 11 is 1.79. The summed E-state index contributed by atoms with van der Waals surface area (Å²) < 4.78 is 0. The van der Waals surface area contributed by atoms with E-state index in [2.05, 4.69) is 46.5 Å². The molecule has 0 atom stereocenters. The summed E-state index contributed by atoms with van der Waals surface area (Å²) in [6.07, 6.45) is 4.87. The summed E-state index contributed by atoms with van der Waals surface area (Å²) in [5, 5.41) is 5.79. The number of rotatable bonds is 5. The molecule has 0 amide bonds. The van der Waals surface area contributed by atoms with Crippen LogP contribution >= 0.6 is 11.3 Å². The molecular formula is C16H17N3S. The van der Waals surface area contributed by atoms with Crippen LogP contribution in [0.5, 0.6) is 0 Å². The molecule has 3 rings (SSSR count). The van der Waals surface area contributed by atoms with Crippen molar-refractivity contribution in [3.63, 3.8) is 0 Å². The minimum atomic E-state index is 0.829. The number of aromatic nitrogens is 2. The Hall–Kier alpha value is -1.78. The normalized spacial score (nSPS) is 11.1. The van der Waals surface area contributed by atoms with Gasteiger partial charge in [0.25, 0.3) is 0 Å². The summed E-state index contributed by atoms with van der Waals surface area (Å²) in [5.74, 6) is 0. The van der Waals surface area contributed by atoms with Crippen LogP contribution in [-0.2, 0) is 19.5 Å². The van der Waals surface area contributed by atoms with Crippen LogP contribution in [0.15, 0.2) is 42.7 Å². The lowest BCUT2D eigenvalue weighted by atomic mass is 10.1. The smallest absolute Gasteiger partial charge is 0.107 e. The first-order valence-electron chi connectivity index (χ1n) is 6.83. The van der Waals surface area contributed by atoms with E-state index in [1.807, 2.05) is 18.5 Å². The van der Waals surface area contributed by atoms with Crippen molar-refractivity contribution < 1.29 is 0 Å². The van der Waals surface area contributed by atoms with Gasteiger partial charge in [0.1, 0.15) is 5.01 Å². The SMILES string of the molecule is CCc1cnc(CNCc2ccc3ncccc3c2)s1. The zero-order valence-electron chi connectivity index (χ0n) is 11.5. The van der Waals surface area contributed by atoms with Crippen LogP contribution in [0.4, 0.5) is 0 Å². The Morgan fingerprint density at radius 1 is 1.15 bits per heavy atom. The molecule has 0 aliphatic carbocycles. The van der Waals surface area contributed by atoms with Crippen molar-refractivity contribution in [3.8, 4) is 0 Å². The molecule has 1 N–H and O–H groups in total. The molecule has 0 aliphatic rings. The van der Waals surface area contributed by atoms with E-state index in [1.54, 1.807) is 11.3 Å². The van der Waals surface area contributed by atoms with Gasteiger partial charge in [-0.2, -0.15) is 0 Å². The summed E-state index contributed by atoms with van der Waals surface area (Å²) in [7, 11) is 0. The highest BCUT2D eigenvalue weighted by Gasteiger charge is 2.01. The third kappa shape index (κ3) is 3.03. The Morgan fingerprint density at radius 3 is 2.95 bits per heavy atom. The summed E-state index contributed by atoms with van der Waals surface area (Å²) in [6.45, 7) is 3.84. The Morgan fingerprint density at radius 2 is 2.10 bits per heavy atom. The van der Waals surface area contributed by atoms with Crippen molar-refractivity contribution in [1.82, 2.24) is 15.3 Å². The highest BCUT2D eigenvalue weighted by Crippen LogP contribution is 2.15. The van der Waals surface area contributed by atoms with Gasteiger partial charge < -0.3 is 5.32 Å². The molecule has 20 heavy (non-hydrogen) atoms. The van der Waals surface area contributed by atoms with E-state index < -0.39 is 0 Å². The molecule has 3 nitrogen and oxygen atoms in total. The number of hydrogen-bond acceptors (Lipinski definition) is 4. The second-order valence-corrected chi connectivity index (χ2v) is 5.91. The van der Waals surface area contributed by atoms with Gasteiger partial charge in [0.05, 0.1) is 5.52 Å². The maximum absolute atomic E-state index is 4.41. The minimum Gasteiger partial charge on any atom is -0.306 e. The molecule has 0 unspecified atom stereocenters. The van der Waals surface area contributed by atoms with Crippen LogP contribution in [0.1, 0.15) is 22.4 Å². The Bertz CT molecular complexity index is 706. The fourth-order valence-electron chi connectivity index (χ4n) is 2.14. The van der Waals surface area contributed by atoms with Crippen LogP contribution in [-0.4, -0.2) is 9.97 Å². The molecule has 2 aromatic heterocycles. The molecule has 0 aliphatic heterocycles. The molecule has 0 saturated heterocycles. The lowest BCUT2D eigenvalue weighted by Crippen LogP contribution is -2.12. The van der Waals surface area contributed by atoms with E-state index >= 15 is 0 Å². The van der Waals surface area contributed by atoms with Crippen molar-refractivity contribution in [2.75, 3.05) is 0 Å². The van der Waals surface area contributed by atoms with Gasteiger partial charge in [-0.15, -0.1) is 11.3 Å². The number of aryl methyl sites for hydroxylation is 1. The molecule has 102 valence electrons. The van der Waals surface area contributed by atoms with Gasteiger partial charge >= 0.3 is 0 Å². The molecule has 4 heteroatoms. The monoisotopic (exact) mass is 283 g/mol. The first-order chi connectivity index (χ1) is 9.85. The van der Waals surface area contributed by atoms with E-state index in [9.17, 15) is 0 Å². The predicted octanol–water partition coefficient (Wildman–Crippen LogP) is 3.54. The van der Waals surface area contributed by atoms with Crippen LogP contribution in [0, 0.1) is 0 Å². The first kappa shape index (κ1) is 13.2. The third-order valence-corrected chi connectivity index (χ3v) is 4.36. The molecule has 3 aromatic rings. The molecule has 1 aromatic carbocycles. The van der Waals surface area contributed by atoms with Gasteiger partial charge in [-0.3, -0.25) is 4.98 Å². The predicted molar refractivity (Wildman–Crippen MR) is 83.8 cm³/mol. The number of nitrogens with one attached hydrogen (secondary N) is 1. The highest BCUT2D eigenvalue weighted by molar-refractivity contribution is 7.11. The van der Waals surface area contributed by atoms with Crippen molar-refractivity contribution in [3.05, 3.63) is 58.2 Å². The zero-order chi connectivity index (χ0) is 13.8. The lowest BCUT2D eigenvalue weighted by Gasteiger charge is -2.04. The first-order valence-corrected chi connectivity index (χ1v) is 7.65. The van der Waals surface area contributed by atoms with Crippen molar-refractivity contribution in [2.45, 2.75) is 26.4 Å². The molecule has 0 fully saturated rings. The molecule has 0 spiro atoms. The number of thiazole rings is 1. The molecule has 0 saturated carbocycles. The van der Waals surface area contributed by atoms with E-state index in [0.717, 1.165) is 30.0 Å². The Kier molecular flexibility index (Phi) is 4.04. The van der Waals surface area contributed by atoms with Crippen molar-refractivity contribution >= 4 is 22.2 Å². The number of benzene rings is 1. The maximum atomic E-state index is 4.41. The van der Waals surface area contributed by atoms with Gasteiger partial charge in [-0.25, -0.2) is 4.98 Å². The van der Waals surface area contributed by atoms with Gasteiger partial charge in [0, 0.05) is 35.7 Å². The van der Waals surface area contributed by atoms with Crippen molar-refractivity contribution in [2.24, 2.45) is 0 Å². The van der Waals surface area contributed by atoms with E-state index in [4.69, 9.17) is 0 Å². The number of hydrogen-bond donors (Lipinski definition) is 1. The fourth-order valence-corrected chi connectivity index (χ4v) is 2.97. The topological polar surface area (TPSA) is 37.8 Å². The summed E-state index contributed by atoms with van der Waals surface area (Å²) in [6, 6.07) is 10.5. The van der Waals surface area contributed by atoms with E-state index in [-0.39, 0.29) is 0 Å². The van der Waals surface area contributed by atoms with Gasteiger partial charge in [0.15, 0.2) is 0 Å². The summed E-state index contributed by atoms with van der Waals surface area (Å²) in [5.41, 5.74) is 2.32. The molecule has 0 bridgehead atoms. The molecular weight excluding hydrogens is 266 g/mol. The number of pyridine rings is 1. The van der Waals surface area contributed by atoms with Crippen LogP contribution in [0.3, 0.4) is 0 Å². The summed E-state index contributed by atoms with van der Waals surface area (Å²) in [4.78, 5) is 10.1. The van der Waals surface area contributed by atoms with E-state index in [0.29, 0.717) is 0 Å². The quantitative estimate of drug-likeness (QED) is 0.778. The average molecular weight is 283 g/mol. The average Bonchev–Trinajstić information content (AvgIpc) is 2.95. The number of fused-ring (bicyclic) bond motifs is 1. The Balaban J connectivity index is 1.62. The van der Waals surface area contributed by atoms with Crippen LogP contribution in [0.2, 0.25) is 0 Å². The van der Waals surface area contributed by atoms with Crippen LogP contribution < -0.4 is 5.32 Å². The van der Waals surface area contributed by atoms with Crippen molar-refractivity contribution in [1.29, 1.82) is 0 Å². The third-order valence-electron chi connectivity index (χ3n) is 3.22. The zero-order valence-corrected chi connectivity index (χ0v) is 12.3. The maximum Gasteiger partial charge on any atom is 0.107 e. The minimum absolute atomic E-state index is 0.829. The Labute approximate surface area is 122 Å². The van der Waals surface area contributed by atoms with Gasteiger partial charge in [-0.1, -0.05) is 19.1 Å². The molecule has 2 heterocycles. The fraction of sp³-hybridized carbons (Fsp3) is 0.250. The second kappa shape index (κ2) is 6.11. The lowest BCUT2D eigenvalue weighted by molar-refractivity contribution is 0.690. The van der Waals surface area contributed by atoms with Gasteiger partial charge in [0.2, 0.25) is 0 Å². The van der Waals surface area contributed by atoms with Gasteiger partial charge in [-0.05, 0) is 30.2 Å². The highest BCUT2D eigenvalue weighted by atomic mass is 32.1. The van der Waals surface area contributed by atoms with Crippen LogP contribution in [0.25, 0.3) is 10.9 Å². The second-order valence-electron chi connectivity index (χ2n) is 4.71. The largest absolute Gasteiger partial charge is 0.306 e. The molecule has 0 radical (unpaired) electrons. The number of nitrogens with zero attached hydrogens (tertiary/aromatic N) is 2. The van der Waals surface area contributed by atoms with E-state index in [1.165, 1.54) is 15.8 Å². The standard InChI is InChI=1S/C16H17N3S/c1-2-14-10-19-16(20-14)11-17-9-12-5-6-15-13(8-12)4-3-7-18-15/h3-8,10,17H,2,9,11H2,1H3.